The zero-order valence-electron chi connectivity index (χ0n) is 9.76. The summed E-state index contributed by atoms with van der Waals surface area (Å²) >= 11 is 0. The predicted octanol–water partition coefficient (Wildman–Crippen LogP) is 2.46. The van der Waals surface area contributed by atoms with Crippen molar-refractivity contribution in [2.24, 2.45) is 0 Å². The standard InChI is InChI=1S/C13H19NO/c1-10(8-14-4)9-15-13-11(2)6-5-7-12(13)3/h5-7,14H,1,8-9H2,2-4H3. The molecule has 1 aromatic rings. The van der Waals surface area contributed by atoms with Crippen molar-refractivity contribution in [3.8, 4) is 5.75 Å². The Bertz CT molecular complexity index is 324. The highest BCUT2D eigenvalue weighted by molar-refractivity contribution is 5.39. The molecule has 0 aliphatic heterocycles. The van der Waals surface area contributed by atoms with E-state index in [4.69, 9.17) is 4.74 Å². The maximum absolute atomic E-state index is 5.74. The molecule has 1 rings (SSSR count). The zero-order chi connectivity index (χ0) is 11.3. The average Bonchev–Trinajstić information content (AvgIpc) is 2.17. The van der Waals surface area contributed by atoms with Gasteiger partial charge in [0.25, 0.3) is 0 Å². The Balaban J connectivity index is 2.61. The Morgan fingerprint density at radius 1 is 1.33 bits per heavy atom. The van der Waals surface area contributed by atoms with Crippen molar-refractivity contribution in [3.05, 3.63) is 41.5 Å². The quantitative estimate of drug-likeness (QED) is 0.746. The molecule has 0 atom stereocenters. The molecule has 2 heteroatoms. The second-order valence-electron chi connectivity index (χ2n) is 3.79. The summed E-state index contributed by atoms with van der Waals surface area (Å²) in [6, 6.07) is 6.16. The molecule has 0 aromatic heterocycles. The molecule has 0 saturated heterocycles. The first-order valence-electron chi connectivity index (χ1n) is 5.15. The van der Waals surface area contributed by atoms with Crippen molar-refractivity contribution in [3.63, 3.8) is 0 Å². The van der Waals surface area contributed by atoms with Crippen LogP contribution in [0.5, 0.6) is 5.75 Å². The third-order valence-corrected chi connectivity index (χ3v) is 2.26. The van der Waals surface area contributed by atoms with E-state index in [2.05, 4.69) is 37.9 Å². The van der Waals surface area contributed by atoms with Gasteiger partial charge in [0.1, 0.15) is 12.4 Å². The SMILES string of the molecule is C=C(CNC)COc1c(C)cccc1C. The van der Waals surface area contributed by atoms with Gasteiger partial charge in [-0.1, -0.05) is 24.8 Å². The third kappa shape index (κ3) is 3.40. The van der Waals surface area contributed by atoms with Crippen molar-refractivity contribution in [2.75, 3.05) is 20.2 Å². The molecule has 82 valence electrons. The Kier molecular flexibility index (Phi) is 4.37. The minimum Gasteiger partial charge on any atom is -0.489 e. The maximum atomic E-state index is 5.74. The van der Waals surface area contributed by atoms with E-state index >= 15 is 0 Å². The van der Waals surface area contributed by atoms with Crippen LogP contribution in [-0.2, 0) is 0 Å². The molecular weight excluding hydrogens is 186 g/mol. The van der Waals surface area contributed by atoms with Gasteiger partial charge in [-0.05, 0) is 37.6 Å². The van der Waals surface area contributed by atoms with Gasteiger partial charge in [0, 0.05) is 6.54 Å². The minimum atomic E-state index is 0.576. The second-order valence-corrected chi connectivity index (χ2v) is 3.79. The van der Waals surface area contributed by atoms with Crippen molar-refractivity contribution in [1.29, 1.82) is 0 Å². The van der Waals surface area contributed by atoms with Gasteiger partial charge in [0.05, 0.1) is 0 Å². The van der Waals surface area contributed by atoms with Gasteiger partial charge in [0.15, 0.2) is 0 Å². The highest BCUT2D eigenvalue weighted by Gasteiger charge is 2.03. The smallest absolute Gasteiger partial charge is 0.125 e. The van der Waals surface area contributed by atoms with Gasteiger partial charge in [-0.3, -0.25) is 0 Å². The highest BCUT2D eigenvalue weighted by Crippen LogP contribution is 2.22. The van der Waals surface area contributed by atoms with Crippen molar-refractivity contribution >= 4 is 0 Å². The van der Waals surface area contributed by atoms with Crippen LogP contribution in [0, 0.1) is 13.8 Å². The van der Waals surface area contributed by atoms with Crippen molar-refractivity contribution in [1.82, 2.24) is 5.32 Å². The summed E-state index contributed by atoms with van der Waals surface area (Å²) in [6.07, 6.45) is 0. The molecule has 1 N–H and O–H groups in total. The largest absolute Gasteiger partial charge is 0.489 e. The summed E-state index contributed by atoms with van der Waals surface area (Å²) in [5.41, 5.74) is 3.40. The zero-order valence-corrected chi connectivity index (χ0v) is 9.76. The van der Waals surface area contributed by atoms with Crippen LogP contribution in [0.2, 0.25) is 0 Å². The molecule has 0 unspecified atom stereocenters. The normalized spacial score (nSPS) is 10.1. The van der Waals surface area contributed by atoms with Crippen LogP contribution in [0.1, 0.15) is 11.1 Å². The fraction of sp³-hybridized carbons (Fsp3) is 0.385. The summed E-state index contributed by atoms with van der Waals surface area (Å²) in [5, 5.41) is 3.05. The van der Waals surface area contributed by atoms with Gasteiger partial charge in [-0.15, -0.1) is 0 Å². The molecule has 0 fully saturated rings. The topological polar surface area (TPSA) is 21.3 Å². The Morgan fingerprint density at radius 3 is 2.47 bits per heavy atom. The van der Waals surface area contributed by atoms with Crippen LogP contribution in [0.4, 0.5) is 0 Å². The lowest BCUT2D eigenvalue weighted by atomic mass is 10.1. The molecule has 0 aliphatic carbocycles. The maximum Gasteiger partial charge on any atom is 0.125 e. The van der Waals surface area contributed by atoms with Gasteiger partial charge in [-0.25, -0.2) is 0 Å². The minimum absolute atomic E-state index is 0.576. The first kappa shape index (κ1) is 11.8. The Labute approximate surface area is 92.0 Å². The molecular formula is C13H19NO. The molecule has 2 nitrogen and oxygen atoms in total. The first-order valence-corrected chi connectivity index (χ1v) is 5.15. The van der Waals surface area contributed by atoms with Crippen LogP contribution < -0.4 is 10.1 Å². The molecule has 0 bridgehead atoms. The Hall–Kier alpha value is -1.28. The number of likely N-dealkylation sites (N-methyl/N-ethyl adjacent to an activating group) is 1. The molecule has 0 aliphatic rings. The van der Waals surface area contributed by atoms with E-state index in [1.54, 1.807) is 0 Å². The predicted molar refractivity (Wildman–Crippen MR) is 64.5 cm³/mol. The molecule has 0 spiro atoms. The highest BCUT2D eigenvalue weighted by atomic mass is 16.5. The molecule has 1 aromatic carbocycles. The van der Waals surface area contributed by atoms with Crippen LogP contribution in [-0.4, -0.2) is 20.2 Å². The number of benzene rings is 1. The van der Waals surface area contributed by atoms with E-state index in [0.29, 0.717) is 6.61 Å². The summed E-state index contributed by atoms with van der Waals surface area (Å²) < 4.78 is 5.74. The lowest BCUT2D eigenvalue weighted by Gasteiger charge is -2.12. The summed E-state index contributed by atoms with van der Waals surface area (Å²) in [7, 11) is 1.91. The average molecular weight is 205 g/mol. The number of para-hydroxylation sites is 1. The van der Waals surface area contributed by atoms with E-state index in [9.17, 15) is 0 Å². The van der Waals surface area contributed by atoms with Gasteiger partial charge in [0.2, 0.25) is 0 Å². The van der Waals surface area contributed by atoms with Crippen LogP contribution >= 0.6 is 0 Å². The fourth-order valence-electron chi connectivity index (χ4n) is 1.50. The van der Waals surface area contributed by atoms with Gasteiger partial charge in [-0.2, -0.15) is 0 Å². The van der Waals surface area contributed by atoms with E-state index in [0.717, 1.165) is 17.9 Å². The summed E-state index contributed by atoms with van der Waals surface area (Å²) in [6.45, 7) is 9.42. The first-order chi connectivity index (χ1) is 7.15. The van der Waals surface area contributed by atoms with Crippen molar-refractivity contribution < 1.29 is 4.74 Å². The van der Waals surface area contributed by atoms with E-state index in [1.165, 1.54) is 11.1 Å². The van der Waals surface area contributed by atoms with Gasteiger partial charge < -0.3 is 10.1 Å². The van der Waals surface area contributed by atoms with Crippen LogP contribution in [0.3, 0.4) is 0 Å². The van der Waals surface area contributed by atoms with E-state index in [1.807, 2.05) is 13.1 Å². The van der Waals surface area contributed by atoms with E-state index < -0.39 is 0 Å². The third-order valence-electron chi connectivity index (χ3n) is 2.26. The number of rotatable bonds is 5. The Morgan fingerprint density at radius 2 is 1.93 bits per heavy atom. The molecule has 0 heterocycles. The van der Waals surface area contributed by atoms with E-state index in [-0.39, 0.29) is 0 Å². The van der Waals surface area contributed by atoms with Crippen molar-refractivity contribution in [2.45, 2.75) is 13.8 Å². The summed E-state index contributed by atoms with van der Waals surface area (Å²) in [5.74, 6) is 0.981. The number of hydrogen-bond donors (Lipinski definition) is 1. The number of ether oxygens (including phenoxy) is 1. The monoisotopic (exact) mass is 205 g/mol. The number of hydrogen-bond acceptors (Lipinski definition) is 2. The molecule has 15 heavy (non-hydrogen) atoms. The van der Waals surface area contributed by atoms with Gasteiger partial charge >= 0.3 is 0 Å². The molecule has 0 radical (unpaired) electrons. The molecule has 0 saturated carbocycles. The second kappa shape index (κ2) is 5.56. The van der Waals surface area contributed by atoms with Crippen LogP contribution in [0.25, 0.3) is 0 Å². The lowest BCUT2D eigenvalue weighted by molar-refractivity contribution is 0.344. The molecule has 0 amide bonds. The van der Waals surface area contributed by atoms with Crippen LogP contribution in [0.15, 0.2) is 30.4 Å². The number of nitrogens with one attached hydrogen (secondary N) is 1. The summed E-state index contributed by atoms with van der Waals surface area (Å²) in [4.78, 5) is 0. The fourth-order valence-corrected chi connectivity index (χ4v) is 1.50. The number of aryl methyl sites for hydroxylation is 2. The lowest BCUT2D eigenvalue weighted by Crippen LogP contribution is -2.15.